The van der Waals surface area contributed by atoms with Crippen LogP contribution in [0.2, 0.25) is 0 Å². The normalized spacial score (nSPS) is 16.1. The van der Waals surface area contributed by atoms with Gasteiger partial charge in [-0.1, -0.05) is 56.8 Å². The summed E-state index contributed by atoms with van der Waals surface area (Å²) in [5.74, 6) is 1.59. The number of likely N-dealkylation sites (N-methyl/N-ethyl adjacent to an activating group) is 1. The van der Waals surface area contributed by atoms with Crippen molar-refractivity contribution in [2.75, 3.05) is 31.1 Å². The first kappa shape index (κ1) is 31.8. The van der Waals surface area contributed by atoms with Crippen LogP contribution < -0.4 is 15.1 Å². The fourth-order valence-electron chi connectivity index (χ4n) is 5.72. The summed E-state index contributed by atoms with van der Waals surface area (Å²) in [4.78, 5) is 19.7. The van der Waals surface area contributed by atoms with Gasteiger partial charge in [0, 0.05) is 40.1 Å². The number of aryl methyl sites for hydroxylation is 1. The Morgan fingerprint density at radius 2 is 1.67 bits per heavy atom. The number of halogens is 1. The molecule has 0 amide bonds. The third-order valence-corrected chi connectivity index (χ3v) is 9.14. The molecule has 1 N–H and O–H groups in total. The van der Waals surface area contributed by atoms with Crippen molar-refractivity contribution in [3.8, 4) is 11.5 Å². The number of hydrogen-bond donors (Lipinski definition) is 1. The smallest absolute Gasteiger partial charge is 0.196 e. The molecule has 0 aliphatic carbocycles. The van der Waals surface area contributed by atoms with Crippen LogP contribution in [0.3, 0.4) is 0 Å². The maximum Gasteiger partial charge on any atom is 0.196 e. The average molecular weight is 609 g/mol. The van der Waals surface area contributed by atoms with Gasteiger partial charge in [0.05, 0.1) is 18.0 Å². The summed E-state index contributed by atoms with van der Waals surface area (Å²) in [5.41, 5.74) is 3.57. The van der Waals surface area contributed by atoms with Crippen molar-refractivity contribution in [1.29, 1.82) is 0 Å². The minimum Gasteiger partial charge on any atom is -0.507 e. The monoisotopic (exact) mass is 608 g/mol. The average Bonchev–Trinajstić information content (AvgIpc) is 3.15. The second-order valence-corrected chi connectivity index (χ2v) is 12.1. The Morgan fingerprint density at radius 3 is 2.29 bits per heavy atom. The number of phenolic OH excluding ortho intramolecular Hbond substituents is 1. The molecule has 0 saturated heterocycles. The third kappa shape index (κ3) is 6.59. The quantitative estimate of drug-likeness (QED) is 0.245. The number of anilines is 2. The standard InChI is InChI=1S/C19H24N2S.C15H16O4.ClH/c1-4-20(5-2)15(3)14-21-16-10-6-8-12-18(16)22-19-13-9-7-11-17(19)21;1-8-3-4-10-12(18-7-8)6-13-14(15(10)17)11(16)5-9(2)19-13;/h6-13,15H,4-5,14H2,1-3H3;5-6,8,17H,3-4,7H2,1-2H3;1H. The maximum atomic E-state index is 12.0. The number of benzene rings is 3. The molecule has 2 atom stereocenters. The molecule has 0 radical (unpaired) electrons. The Kier molecular flexibility index (Phi) is 10.5. The van der Waals surface area contributed by atoms with Crippen LogP contribution in [0.15, 0.2) is 79.7 Å². The highest BCUT2D eigenvalue weighted by molar-refractivity contribution is 7.99. The van der Waals surface area contributed by atoms with Gasteiger partial charge in [0.25, 0.3) is 0 Å². The van der Waals surface area contributed by atoms with Gasteiger partial charge in [-0.2, -0.15) is 0 Å². The SMILES string of the molecule is CCN(CC)C(C)CN1c2ccccc2Sc2ccccc21.Cc1cc(=O)c2c(O)c3c(cc2o1)OCC(C)CC3.Cl. The van der Waals surface area contributed by atoms with Gasteiger partial charge in [-0.15, -0.1) is 12.4 Å². The summed E-state index contributed by atoms with van der Waals surface area (Å²) in [6.07, 6.45) is 1.65. The first-order valence-corrected chi connectivity index (χ1v) is 15.4. The fraction of sp³-hybridized carbons (Fsp3) is 0.382. The topological polar surface area (TPSA) is 66.2 Å². The number of phenols is 1. The molecule has 3 heterocycles. The highest BCUT2D eigenvalue weighted by Crippen LogP contribution is 2.48. The molecule has 2 aliphatic heterocycles. The highest BCUT2D eigenvalue weighted by atomic mass is 35.5. The molecule has 6 nitrogen and oxygen atoms in total. The lowest BCUT2D eigenvalue weighted by atomic mass is 10.00. The van der Waals surface area contributed by atoms with Crippen molar-refractivity contribution < 1.29 is 14.3 Å². The third-order valence-electron chi connectivity index (χ3n) is 8.01. The number of fused-ring (bicyclic) bond motifs is 4. The maximum absolute atomic E-state index is 12.0. The molecule has 1 aromatic heterocycles. The number of aromatic hydroxyl groups is 1. The summed E-state index contributed by atoms with van der Waals surface area (Å²) in [5, 5.41) is 10.6. The molecular weight excluding hydrogens is 568 g/mol. The molecule has 0 spiro atoms. The van der Waals surface area contributed by atoms with E-state index < -0.39 is 0 Å². The van der Waals surface area contributed by atoms with Gasteiger partial charge in [0.1, 0.15) is 28.2 Å². The van der Waals surface area contributed by atoms with E-state index in [9.17, 15) is 9.90 Å². The van der Waals surface area contributed by atoms with E-state index in [4.69, 9.17) is 9.15 Å². The van der Waals surface area contributed by atoms with E-state index in [-0.39, 0.29) is 29.0 Å². The van der Waals surface area contributed by atoms with Crippen LogP contribution in [-0.4, -0.2) is 42.3 Å². The predicted molar refractivity (Wildman–Crippen MR) is 176 cm³/mol. The fourth-order valence-corrected chi connectivity index (χ4v) is 6.82. The zero-order valence-electron chi connectivity index (χ0n) is 25.1. The predicted octanol–water partition coefficient (Wildman–Crippen LogP) is 8.21. The second-order valence-electron chi connectivity index (χ2n) is 11.0. The Morgan fingerprint density at radius 1 is 1.05 bits per heavy atom. The van der Waals surface area contributed by atoms with E-state index in [1.165, 1.54) is 27.2 Å². The molecule has 4 aromatic rings. The zero-order valence-corrected chi connectivity index (χ0v) is 26.7. The Bertz CT molecular complexity index is 1540. The van der Waals surface area contributed by atoms with Crippen molar-refractivity contribution in [3.63, 3.8) is 0 Å². The minimum absolute atomic E-state index is 0. The largest absolute Gasteiger partial charge is 0.507 e. The minimum atomic E-state index is -0.212. The number of hydrogen-bond acceptors (Lipinski definition) is 7. The molecule has 224 valence electrons. The van der Waals surface area contributed by atoms with E-state index in [2.05, 4.69) is 86.0 Å². The van der Waals surface area contributed by atoms with E-state index in [1.807, 2.05) is 11.8 Å². The lowest BCUT2D eigenvalue weighted by Crippen LogP contribution is -2.41. The van der Waals surface area contributed by atoms with Gasteiger partial charge in [0.15, 0.2) is 5.43 Å². The molecule has 2 aliphatic rings. The van der Waals surface area contributed by atoms with Crippen LogP contribution in [0.1, 0.15) is 45.4 Å². The van der Waals surface area contributed by atoms with Crippen LogP contribution in [0.4, 0.5) is 11.4 Å². The molecule has 8 heteroatoms. The summed E-state index contributed by atoms with van der Waals surface area (Å²) in [6, 6.07) is 21.1. The Hall–Kier alpha value is -3.13. The first-order valence-electron chi connectivity index (χ1n) is 14.6. The molecule has 6 rings (SSSR count). The molecule has 0 fully saturated rings. The van der Waals surface area contributed by atoms with E-state index >= 15 is 0 Å². The highest BCUT2D eigenvalue weighted by Gasteiger charge is 2.25. The summed E-state index contributed by atoms with van der Waals surface area (Å²) < 4.78 is 11.2. The summed E-state index contributed by atoms with van der Waals surface area (Å²) >= 11 is 1.88. The summed E-state index contributed by atoms with van der Waals surface area (Å²) in [7, 11) is 0. The number of para-hydroxylation sites is 2. The van der Waals surface area contributed by atoms with Gasteiger partial charge < -0.3 is 19.2 Å². The van der Waals surface area contributed by atoms with Crippen molar-refractivity contribution in [2.45, 2.75) is 63.3 Å². The molecule has 2 unspecified atom stereocenters. The van der Waals surface area contributed by atoms with Crippen molar-refractivity contribution in [3.05, 3.63) is 82.2 Å². The molecule has 42 heavy (non-hydrogen) atoms. The Balaban J connectivity index is 0.000000190. The molecule has 0 saturated carbocycles. The van der Waals surface area contributed by atoms with Gasteiger partial charge in [-0.3, -0.25) is 9.69 Å². The van der Waals surface area contributed by atoms with Gasteiger partial charge in [-0.05, 0) is 70.0 Å². The molecular formula is C34H41ClN2O4S. The summed E-state index contributed by atoms with van der Waals surface area (Å²) in [6.45, 7) is 14.5. The van der Waals surface area contributed by atoms with E-state index in [0.29, 0.717) is 47.6 Å². The molecule has 0 bridgehead atoms. The van der Waals surface area contributed by atoms with Crippen LogP contribution in [0.25, 0.3) is 11.0 Å². The van der Waals surface area contributed by atoms with Crippen molar-refractivity contribution >= 4 is 46.5 Å². The van der Waals surface area contributed by atoms with Crippen LogP contribution in [0, 0.1) is 12.8 Å². The van der Waals surface area contributed by atoms with Crippen LogP contribution in [-0.2, 0) is 6.42 Å². The Labute approximate surface area is 259 Å². The van der Waals surface area contributed by atoms with Crippen LogP contribution >= 0.6 is 24.2 Å². The van der Waals surface area contributed by atoms with E-state index in [1.54, 1.807) is 13.0 Å². The van der Waals surface area contributed by atoms with Crippen molar-refractivity contribution in [1.82, 2.24) is 4.90 Å². The second kappa shape index (κ2) is 13.9. The lowest BCUT2D eigenvalue weighted by molar-refractivity contribution is 0.236. The van der Waals surface area contributed by atoms with Gasteiger partial charge >= 0.3 is 0 Å². The molecule has 3 aromatic carbocycles. The zero-order chi connectivity index (χ0) is 29.1. The van der Waals surface area contributed by atoms with E-state index in [0.717, 1.165) is 26.1 Å². The first-order chi connectivity index (χ1) is 19.8. The van der Waals surface area contributed by atoms with Crippen LogP contribution in [0.5, 0.6) is 11.5 Å². The van der Waals surface area contributed by atoms with Gasteiger partial charge in [0.2, 0.25) is 0 Å². The lowest BCUT2D eigenvalue weighted by Gasteiger charge is -2.37. The van der Waals surface area contributed by atoms with Gasteiger partial charge in [-0.25, -0.2) is 0 Å². The van der Waals surface area contributed by atoms with Crippen molar-refractivity contribution in [2.24, 2.45) is 5.92 Å². The number of nitrogens with zero attached hydrogens (tertiary/aromatic N) is 2. The number of ether oxygens (including phenoxy) is 1. The number of rotatable bonds is 5.